The zero-order chi connectivity index (χ0) is 21.6. The number of unbranched alkanes of at least 4 members (excludes halogenated alkanes) is 1. The van der Waals surface area contributed by atoms with Crippen LogP contribution < -0.4 is 5.69 Å². The Morgan fingerprint density at radius 1 is 1.10 bits per heavy atom. The molecule has 1 amide bonds. The van der Waals surface area contributed by atoms with Crippen LogP contribution in [0.1, 0.15) is 25.3 Å². The molecule has 0 radical (unpaired) electrons. The van der Waals surface area contributed by atoms with Crippen LogP contribution in [0, 0.1) is 0 Å². The first-order valence-corrected chi connectivity index (χ1v) is 11.9. The van der Waals surface area contributed by atoms with E-state index in [1.165, 1.54) is 28.1 Å². The Balaban J connectivity index is 1.29. The van der Waals surface area contributed by atoms with Crippen LogP contribution in [0.4, 0.5) is 0 Å². The van der Waals surface area contributed by atoms with Crippen molar-refractivity contribution in [2.45, 2.75) is 38.0 Å². The SMILES string of the molecule is CCCCn1c(SCC(=O)N2CCN(Cc3cccc4ccccc34)CC2)n[nH]c1=O. The van der Waals surface area contributed by atoms with Gasteiger partial charge in [-0.1, -0.05) is 67.6 Å². The molecular weight excluding hydrogens is 410 g/mol. The average molecular weight is 440 g/mol. The quantitative estimate of drug-likeness (QED) is 0.546. The number of benzene rings is 2. The zero-order valence-electron chi connectivity index (χ0n) is 17.9. The summed E-state index contributed by atoms with van der Waals surface area (Å²) in [4.78, 5) is 28.9. The van der Waals surface area contributed by atoms with Crippen LogP contribution in [-0.2, 0) is 17.9 Å². The largest absolute Gasteiger partial charge is 0.343 e. The number of rotatable bonds is 8. The number of hydrogen-bond donors (Lipinski definition) is 1. The number of aromatic amines is 1. The molecule has 0 aliphatic carbocycles. The topological polar surface area (TPSA) is 74.2 Å². The van der Waals surface area contributed by atoms with Crippen molar-refractivity contribution in [3.63, 3.8) is 0 Å². The number of thioether (sulfide) groups is 1. The zero-order valence-corrected chi connectivity index (χ0v) is 18.7. The maximum Gasteiger partial charge on any atom is 0.343 e. The van der Waals surface area contributed by atoms with Crippen LogP contribution in [0.3, 0.4) is 0 Å². The summed E-state index contributed by atoms with van der Waals surface area (Å²) in [6.45, 7) is 6.80. The summed E-state index contributed by atoms with van der Waals surface area (Å²) in [7, 11) is 0. The van der Waals surface area contributed by atoms with Gasteiger partial charge in [0.05, 0.1) is 5.75 Å². The Kier molecular flexibility index (Phi) is 7.09. The summed E-state index contributed by atoms with van der Waals surface area (Å²) < 4.78 is 1.63. The molecule has 8 heteroatoms. The summed E-state index contributed by atoms with van der Waals surface area (Å²) in [5.41, 5.74) is 1.13. The number of H-pyrrole nitrogens is 1. The van der Waals surface area contributed by atoms with Crippen LogP contribution in [0.25, 0.3) is 10.8 Å². The highest BCUT2D eigenvalue weighted by atomic mass is 32.2. The van der Waals surface area contributed by atoms with Crippen molar-refractivity contribution < 1.29 is 4.79 Å². The van der Waals surface area contributed by atoms with Crippen molar-refractivity contribution >= 4 is 28.4 Å². The van der Waals surface area contributed by atoms with E-state index in [1.54, 1.807) is 4.57 Å². The molecule has 0 spiro atoms. The number of nitrogens with zero attached hydrogens (tertiary/aromatic N) is 4. The van der Waals surface area contributed by atoms with E-state index in [1.807, 2.05) is 4.90 Å². The van der Waals surface area contributed by atoms with E-state index in [-0.39, 0.29) is 11.6 Å². The maximum atomic E-state index is 12.7. The van der Waals surface area contributed by atoms with Crippen molar-refractivity contribution in [3.05, 3.63) is 58.5 Å². The molecule has 2 aromatic carbocycles. The third-order valence-electron chi connectivity index (χ3n) is 5.78. The van der Waals surface area contributed by atoms with Crippen molar-refractivity contribution in [3.8, 4) is 0 Å². The monoisotopic (exact) mass is 439 g/mol. The fourth-order valence-electron chi connectivity index (χ4n) is 3.97. The number of piperazine rings is 1. The van der Waals surface area contributed by atoms with Gasteiger partial charge in [-0.3, -0.25) is 14.3 Å². The second-order valence-electron chi connectivity index (χ2n) is 7.90. The van der Waals surface area contributed by atoms with Gasteiger partial charge >= 0.3 is 5.69 Å². The molecule has 1 aromatic heterocycles. The molecule has 3 aromatic rings. The van der Waals surface area contributed by atoms with Crippen LogP contribution in [0.5, 0.6) is 0 Å². The van der Waals surface area contributed by atoms with Gasteiger partial charge in [-0.15, -0.1) is 5.10 Å². The molecular formula is C23H29N5O2S. The minimum absolute atomic E-state index is 0.104. The standard InChI is InChI=1S/C23H29N5O2S/c1-2-3-11-28-22(30)24-25-23(28)31-17-21(29)27-14-12-26(13-15-27)16-19-9-6-8-18-7-4-5-10-20(18)19/h4-10H,2-3,11-17H2,1H3,(H,24,30). The van der Waals surface area contributed by atoms with Crippen LogP contribution in [-0.4, -0.2) is 62.4 Å². The smallest absolute Gasteiger partial charge is 0.339 e. The van der Waals surface area contributed by atoms with E-state index < -0.39 is 0 Å². The molecule has 2 heterocycles. The minimum atomic E-state index is -0.203. The van der Waals surface area contributed by atoms with E-state index in [4.69, 9.17) is 0 Å². The Morgan fingerprint density at radius 3 is 2.68 bits per heavy atom. The molecule has 1 aliphatic heterocycles. The fraction of sp³-hybridized carbons (Fsp3) is 0.435. The molecule has 1 fully saturated rings. The van der Waals surface area contributed by atoms with Gasteiger partial charge in [0, 0.05) is 39.3 Å². The Morgan fingerprint density at radius 2 is 1.87 bits per heavy atom. The van der Waals surface area contributed by atoms with Crippen molar-refractivity contribution in [2.75, 3.05) is 31.9 Å². The van der Waals surface area contributed by atoms with Crippen molar-refractivity contribution in [1.82, 2.24) is 24.6 Å². The van der Waals surface area contributed by atoms with Gasteiger partial charge in [0.15, 0.2) is 5.16 Å². The van der Waals surface area contributed by atoms with E-state index in [0.717, 1.165) is 45.6 Å². The highest BCUT2D eigenvalue weighted by Gasteiger charge is 2.22. The number of hydrogen-bond acceptors (Lipinski definition) is 5. The highest BCUT2D eigenvalue weighted by molar-refractivity contribution is 7.99. The van der Waals surface area contributed by atoms with Gasteiger partial charge in [0.1, 0.15) is 0 Å². The molecule has 1 aliphatic rings. The molecule has 1 saturated heterocycles. The third-order valence-corrected chi connectivity index (χ3v) is 6.74. The summed E-state index contributed by atoms with van der Waals surface area (Å²) in [6, 6.07) is 14.9. The van der Waals surface area contributed by atoms with E-state index in [0.29, 0.717) is 17.5 Å². The Bertz CT molecular complexity index is 1080. The van der Waals surface area contributed by atoms with Gasteiger partial charge < -0.3 is 4.90 Å². The third kappa shape index (κ3) is 5.19. The molecule has 1 N–H and O–H groups in total. The van der Waals surface area contributed by atoms with Gasteiger partial charge in [-0.05, 0) is 22.8 Å². The van der Waals surface area contributed by atoms with E-state index >= 15 is 0 Å². The Labute approximate surface area is 186 Å². The second-order valence-corrected chi connectivity index (χ2v) is 8.84. The normalized spacial score (nSPS) is 14.9. The fourth-order valence-corrected chi connectivity index (χ4v) is 4.85. The van der Waals surface area contributed by atoms with Gasteiger partial charge in [-0.2, -0.15) is 0 Å². The molecule has 0 bridgehead atoms. The first kappa shape index (κ1) is 21.6. The van der Waals surface area contributed by atoms with E-state index in [2.05, 4.69) is 64.5 Å². The van der Waals surface area contributed by atoms with Gasteiger partial charge in [0.2, 0.25) is 5.91 Å². The number of amides is 1. The predicted molar refractivity (Wildman–Crippen MR) is 124 cm³/mol. The highest BCUT2D eigenvalue weighted by Crippen LogP contribution is 2.21. The lowest BCUT2D eigenvalue weighted by Gasteiger charge is -2.35. The molecule has 0 saturated carbocycles. The first-order valence-electron chi connectivity index (χ1n) is 10.9. The lowest BCUT2D eigenvalue weighted by Crippen LogP contribution is -2.48. The number of carbonyl (C=O) groups is 1. The maximum absolute atomic E-state index is 12.7. The molecule has 0 atom stereocenters. The van der Waals surface area contributed by atoms with Gasteiger partial charge in [0.25, 0.3) is 0 Å². The van der Waals surface area contributed by atoms with Gasteiger partial charge in [-0.25, -0.2) is 9.89 Å². The lowest BCUT2D eigenvalue weighted by molar-refractivity contribution is -0.130. The van der Waals surface area contributed by atoms with Crippen LogP contribution in [0.2, 0.25) is 0 Å². The van der Waals surface area contributed by atoms with Crippen molar-refractivity contribution in [2.24, 2.45) is 0 Å². The molecule has 0 unspecified atom stereocenters. The molecule has 4 rings (SSSR count). The van der Waals surface area contributed by atoms with Crippen molar-refractivity contribution in [1.29, 1.82) is 0 Å². The number of nitrogens with one attached hydrogen (secondary N) is 1. The van der Waals surface area contributed by atoms with Crippen LogP contribution in [0.15, 0.2) is 52.4 Å². The number of fused-ring (bicyclic) bond motifs is 1. The molecule has 164 valence electrons. The molecule has 7 nitrogen and oxygen atoms in total. The van der Waals surface area contributed by atoms with E-state index in [9.17, 15) is 9.59 Å². The predicted octanol–water partition coefficient (Wildman–Crippen LogP) is 2.96. The van der Waals surface area contributed by atoms with Crippen LogP contribution >= 0.6 is 11.8 Å². The second kappa shape index (κ2) is 10.2. The summed E-state index contributed by atoms with van der Waals surface area (Å²) in [5.74, 6) is 0.409. The minimum Gasteiger partial charge on any atom is -0.339 e. The summed E-state index contributed by atoms with van der Waals surface area (Å²) >= 11 is 1.34. The molecule has 31 heavy (non-hydrogen) atoms. The number of carbonyl (C=O) groups excluding carboxylic acids is 1. The summed E-state index contributed by atoms with van der Waals surface area (Å²) in [6.07, 6.45) is 1.92. The summed E-state index contributed by atoms with van der Waals surface area (Å²) in [5, 5.41) is 9.74. The lowest BCUT2D eigenvalue weighted by atomic mass is 10.0. The number of aromatic nitrogens is 3. The Hall–Kier alpha value is -2.58. The first-order chi connectivity index (χ1) is 15.2. The average Bonchev–Trinajstić information content (AvgIpc) is 3.16.